The third kappa shape index (κ3) is 2.13. The van der Waals surface area contributed by atoms with Gasteiger partial charge in [0, 0.05) is 25.7 Å². The molecule has 0 aliphatic carbocycles. The minimum absolute atomic E-state index is 0.253. The molecule has 3 aliphatic heterocycles. The van der Waals surface area contributed by atoms with E-state index in [4.69, 9.17) is 4.74 Å². The number of hydrogen-bond acceptors (Lipinski definition) is 3. The largest absolute Gasteiger partial charge is 0.374 e. The molecule has 3 fully saturated rings. The SMILES string of the molecule is C1CC[C@@]2(CCN(C3CCNCC3)C2)OC1. The molecule has 3 aliphatic rings. The third-order valence-corrected chi connectivity index (χ3v) is 4.61. The van der Waals surface area contributed by atoms with Crippen molar-refractivity contribution < 1.29 is 4.74 Å². The molecule has 0 aromatic heterocycles. The van der Waals surface area contributed by atoms with Crippen molar-refractivity contribution in [1.82, 2.24) is 10.2 Å². The molecule has 1 atom stereocenters. The lowest BCUT2D eigenvalue weighted by Gasteiger charge is -2.36. The van der Waals surface area contributed by atoms with Crippen molar-refractivity contribution in [2.24, 2.45) is 0 Å². The molecule has 16 heavy (non-hydrogen) atoms. The van der Waals surface area contributed by atoms with Crippen LogP contribution in [0.25, 0.3) is 0 Å². The number of ether oxygens (including phenoxy) is 1. The molecule has 0 radical (unpaired) electrons. The molecule has 0 amide bonds. The molecule has 0 aromatic rings. The van der Waals surface area contributed by atoms with Crippen LogP contribution < -0.4 is 5.32 Å². The van der Waals surface area contributed by atoms with Crippen LogP contribution in [0.5, 0.6) is 0 Å². The van der Waals surface area contributed by atoms with Gasteiger partial charge in [0.1, 0.15) is 0 Å². The van der Waals surface area contributed by atoms with Gasteiger partial charge in [0.25, 0.3) is 0 Å². The van der Waals surface area contributed by atoms with E-state index < -0.39 is 0 Å². The fourth-order valence-electron chi connectivity index (χ4n) is 3.59. The van der Waals surface area contributed by atoms with Crippen molar-refractivity contribution >= 4 is 0 Å². The molecule has 0 bridgehead atoms. The Hall–Kier alpha value is -0.120. The summed E-state index contributed by atoms with van der Waals surface area (Å²) in [5.74, 6) is 0. The van der Waals surface area contributed by atoms with Crippen molar-refractivity contribution in [3.8, 4) is 0 Å². The van der Waals surface area contributed by atoms with Crippen LogP contribution in [-0.2, 0) is 4.74 Å². The highest BCUT2D eigenvalue weighted by molar-refractivity contribution is 4.96. The monoisotopic (exact) mass is 224 g/mol. The van der Waals surface area contributed by atoms with Crippen LogP contribution in [0.1, 0.15) is 38.5 Å². The van der Waals surface area contributed by atoms with Gasteiger partial charge >= 0.3 is 0 Å². The van der Waals surface area contributed by atoms with Crippen LogP contribution in [-0.4, -0.2) is 49.3 Å². The van der Waals surface area contributed by atoms with Gasteiger partial charge in [-0.05, 0) is 51.6 Å². The third-order valence-electron chi connectivity index (χ3n) is 4.61. The molecule has 0 aromatic carbocycles. The lowest BCUT2D eigenvalue weighted by molar-refractivity contribution is -0.0719. The fraction of sp³-hybridized carbons (Fsp3) is 1.00. The average Bonchev–Trinajstić information content (AvgIpc) is 2.75. The molecule has 0 saturated carbocycles. The highest BCUT2D eigenvalue weighted by Crippen LogP contribution is 2.35. The Bertz CT molecular complexity index is 232. The first kappa shape index (κ1) is 11.0. The van der Waals surface area contributed by atoms with Crippen LogP contribution in [0.4, 0.5) is 0 Å². The van der Waals surface area contributed by atoms with Gasteiger partial charge in [-0.25, -0.2) is 0 Å². The second kappa shape index (κ2) is 4.63. The van der Waals surface area contributed by atoms with E-state index in [9.17, 15) is 0 Å². The zero-order chi connectivity index (χ0) is 10.8. The molecule has 3 saturated heterocycles. The Morgan fingerprint density at radius 2 is 2.00 bits per heavy atom. The van der Waals surface area contributed by atoms with E-state index in [1.165, 1.54) is 64.7 Å². The van der Waals surface area contributed by atoms with E-state index >= 15 is 0 Å². The summed E-state index contributed by atoms with van der Waals surface area (Å²) in [4.78, 5) is 2.70. The highest BCUT2D eigenvalue weighted by Gasteiger charge is 2.42. The molecular formula is C13H24N2O. The molecule has 3 rings (SSSR count). The van der Waals surface area contributed by atoms with E-state index in [0.29, 0.717) is 0 Å². The van der Waals surface area contributed by atoms with Gasteiger partial charge in [0.05, 0.1) is 5.60 Å². The van der Waals surface area contributed by atoms with Crippen molar-refractivity contribution in [1.29, 1.82) is 0 Å². The molecular weight excluding hydrogens is 200 g/mol. The molecule has 3 heterocycles. The summed E-state index contributed by atoms with van der Waals surface area (Å²) in [6.07, 6.45) is 7.88. The van der Waals surface area contributed by atoms with Crippen LogP contribution in [0, 0.1) is 0 Å². The minimum atomic E-state index is 0.253. The predicted molar refractivity (Wildman–Crippen MR) is 64.6 cm³/mol. The maximum absolute atomic E-state index is 6.09. The Kier molecular flexibility index (Phi) is 3.18. The second-order valence-electron chi connectivity index (χ2n) is 5.69. The summed E-state index contributed by atoms with van der Waals surface area (Å²) in [6, 6.07) is 0.825. The topological polar surface area (TPSA) is 24.5 Å². The van der Waals surface area contributed by atoms with Gasteiger partial charge < -0.3 is 10.1 Å². The molecule has 0 unspecified atom stereocenters. The number of nitrogens with one attached hydrogen (secondary N) is 1. The lowest BCUT2D eigenvalue weighted by Crippen LogP contribution is -2.45. The van der Waals surface area contributed by atoms with E-state index in [0.717, 1.165) is 12.6 Å². The average molecular weight is 224 g/mol. The van der Waals surface area contributed by atoms with Gasteiger partial charge in [-0.1, -0.05) is 0 Å². The first-order chi connectivity index (χ1) is 7.88. The van der Waals surface area contributed by atoms with E-state index in [2.05, 4.69) is 10.2 Å². The fourth-order valence-corrected chi connectivity index (χ4v) is 3.59. The summed E-state index contributed by atoms with van der Waals surface area (Å²) in [5.41, 5.74) is 0.253. The number of hydrogen-bond donors (Lipinski definition) is 1. The molecule has 1 spiro atoms. The van der Waals surface area contributed by atoms with Crippen LogP contribution in [0.2, 0.25) is 0 Å². The number of rotatable bonds is 1. The van der Waals surface area contributed by atoms with Gasteiger partial charge in [0.2, 0.25) is 0 Å². The van der Waals surface area contributed by atoms with Crippen molar-refractivity contribution in [2.75, 3.05) is 32.8 Å². The minimum Gasteiger partial charge on any atom is -0.374 e. The number of piperidine rings is 1. The summed E-state index contributed by atoms with van der Waals surface area (Å²) >= 11 is 0. The summed E-state index contributed by atoms with van der Waals surface area (Å²) in [5, 5.41) is 3.45. The van der Waals surface area contributed by atoms with Crippen LogP contribution >= 0.6 is 0 Å². The number of likely N-dealkylation sites (tertiary alicyclic amines) is 1. The summed E-state index contributed by atoms with van der Waals surface area (Å²) in [6.45, 7) is 5.88. The van der Waals surface area contributed by atoms with Crippen molar-refractivity contribution in [3.63, 3.8) is 0 Å². The first-order valence-electron chi connectivity index (χ1n) is 6.97. The summed E-state index contributed by atoms with van der Waals surface area (Å²) < 4.78 is 6.09. The number of nitrogens with zero attached hydrogens (tertiary/aromatic N) is 1. The Morgan fingerprint density at radius 1 is 1.12 bits per heavy atom. The Balaban J connectivity index is 1.58. The first-order valence-corrected chi connectivity index (χ1v) is 6.97. The Labute approximate surface area is 98.5 Å². The normalized spacial score (nSPS) is 38.2. The molecule has 92 valence electrons. The van der Waals surface area contributed by atoms with Gasteiger partial charge in [0.15, 0.2) is 0 Å². The quantitative estimate of drug-likeness (QED) is 0.728. The van der Waals surface area contributed by atoms with Gasteiger partial charge in [-0.2, -0.15) is 0 Å². The van der Waals surface area contributed by atoms with Crippen molar-refractivity contribution in [3.05, 3.63) is 0 Å². The lowest BCUT2D eigenvalue weighted by atomic mass is 9.93. The molecule has 3 nitrogen and oxygen atoms in total. The maximum Gasteiger partial charge on any atom is 0.0821 e. The van der Waals surface area contributed by atoms with E-state index in [1.807, 2.05) is 0 Å². The highest BCUT2D eigenvalue weighted by atomic mass is 16.5. The molecule has 3 heteroatoms. The second-order valence-corrected chi connectivity index (χ2v) is 5.69. The van der Waals surface area contributed by atoms with Crippen molar-refractivity contribution in [2.45, 2.75) is 50.2 Å². The zero-order valence-electron chi connectivity index (χ0n) is 10.2. The van der Waals surface area contributed by atoms with E-state index in [1.54, 1.807) is 0 Å². The van der Waals surface area contributed by atoms with Crippen LogP contribution in [0.3, 0.4) is 0 Å². The van der Waals surface area contributed by atoms with E-state index in [-0.39, 0.29) is 5.60 Å². The van der Waals surface area contributed by atoms with Crippen LogP contribution in [0.15, 0.2) is 0 Å². The van der Waals surface area contributed by atoms with Gasteiger partial charge in [-0.15, -0.1) is 0 Å². The maximum atomic E-state index is 6.09. The predicted octanol–water partition coefficient (Wildman–Crippen LogP) is 1.38. The Morgan fingerprint density at radius 3 is 2.75 bits per heavy atom. The molecule has 1 N–H and O–H groups in total. The smallest absolute Gasteiger partial charge is 0.0821 e. The zero-order valence-corrected chi connectivity index (χ0v) is 10.2. The van der Waals surface area contributed by atoms with Gasteiger partial charge in [-0.3, -0.25) is 4.90 Å². The summed E-state index contributed by atoms with van der Waals surface area (Å²) in [7, 11) is 0. The standard InChI is InChI=1S/C13H24N2O/c1-2-10-16-13(5-1)6-9-15(11-13)12-3-7-14-8-4-12/h12,14H,1-11H2/t13-/m0/s1.